The number of allylic oxidation sites excluding steroid dienone is 2. The number of benzene rings is 2. The van der Waals surface area contributed by atoms with E-state index in [1.807, 2.05) is 6.20 Å². The number of aliphatic hydroxyl groups is 1. The summed E-state index contributed by atoms with van der Waals surface area (Å²) in [7, 11) is 0. The Morgan fingerprint density at radius 1 is 1.00 bits per heavy atom. The van der Waals surface area contributed by atoms with Gasteiger partial charge in [0.2, 0.25) is 0 Å². The Morgan fingerprint density at radius 3 is 2.41 bits per heavy atom. The van der Waals surface area contributed by atoms with Crippen LogP contribution in [0, 0.1) is 20.8 Å². The Morgan fingerprint density at radius 2 is 1.72 bits per heavy atom. The lowest BCUT2D eigenvalue weighted by molar-refractivity contribution is 0.387. The number of hydrogen-bond acceptors (Lipinski definition) is 4. The fraction of sp³-hybridized carbons (Fsp3) is 0.240. The number of rotatable bonds is 8. The largest absolute Gasteiger partial charge is 0.513 e. The van der Waals surface area contributed by atoms with E-state index in [-0.39, 0.29) is 5.76 Å². The predicted molar refractivity (Wildman–Crippen MR) is 126 cm³/mol. The highest BCUT2D eigenvalue weighted by molar-refractivity contribution is 7.10. The minimum atomic E-state index is 0.222. The van der Waals surface area contributed by atoms with Crippen LogP contribution in [0.3, 0.4) is 0 Å². The molecule has 0 aliphatic carbocycles. The molecule has 1 heterocycles. The second-order valence-electron chi connectivity index (χ2n) is 7.62. The molecule has 0 fully saturated rings. The van der Waals surface area contributed by atoms with Gasteiger partial charge in [-0.1, -0.05) is 54.6 Å². The molecule has 29 heavy (non-hydrogen) atoms. The molecule has 3 aromatic rings. The molecule has 0 saturated heterocycles. The zero-order valence-corrected chi connectivity index (χ0v) is 18.2. The maximum Gasteiger partial charge on any atom is 0.0851 e. The third kappa shape index (κ3) is 5.36. The quantitative estimate of drug-likeness (QED) is 0.381. The van der Waals surface area contributed by atoms with Gasteiger partial charge in [0.25, 0.3) is 0 Å². The van der Waals surface area contributed by atoms with Gasteiger partial charge in [0.05, 0.1) is 10.6 Å². The van der Waals surface area contributed by atoms with E-state index in [9.17, 15) is 5.11 Å². The van der Waals surface area contributed by atoms with Crippen LogP contribution in [0.1, 0.15) is 36.0 Å². The summed E-state index contributed by atoms with van der Waals surface area (Å²) in [6.45, 7) is 14.0. The summed E-state index contributed by atoms with van der Waals surface area (Å²) in [4.78, 5) is 1.19. The van der Waals surface area contributed by atoms with Crippen LogP contribution in [0.2, 0.25) is 0 Å². The molecule has 2 N–H and O–H groups in total. The molecule has 1 aromatic heterocycles. The van der Waals surface area contributed by atoms with Crippen LogP contribution in [-0.2, 0) is 0 Å². The summed E-state index contributed by atoms with van der Waals surface area (Å²) < 4.78 is 4.48. The van der Waals surface area contributed by atoms with Crippen LogP contribution in [0.15, 0.2) is 67.2 Å². The van der Waals surface area contributed by atoms with E-state index < -0.39 is 0 Å². The molecule has 0 aliphatic heterocycles. The molecule has 0 bridgehead atoms. The van der Waals surface area contributed by atoms with Crippen molar-refractivity contribution in [3.63, 3.8) is 0 Å². The molecule has 0 saturated carbocycles. The van der Waals surface area contributed by atoms with Gasteiger partial charge < -0.3 is 10.4 Å². The Kier molecular flexibility index (Phi) is 6.55. The average molecular weight is 405 g/mol. The van der Waals surface area contributed by atoms with Crippen molar-refractivity contribution < 1.29 is 5.11 Å². The molecule has 0 amide bonds. The van der Waals surface area contributed by atoms with Gasteiger partial charge in [-0.15, -0.1) is 0 Å². The molecular formula is C25H28N2OS. The van der Waals surface area contributed by atoms with Crippen LogP contribution in [0.5, 0.6) is 0 Å². The van der Waals surface area contributed by atoms with E-state index in [1.54, 1.807) is 0 Å². The van der Waals surface area contributed by atoms with Crippen LogP contribution in [-0.4, -0.2) is 9.48 Å². The van der Waals surface area contributed by atoms with Crippen molar-refractivity contribution in [2.75, 3.05) is 5.32 Å². The monoisotopic (exact) mass is 404 g/mol. The van der Waals surface area contributed by atoms with Crippen molar-refractivity contribution in [1.29, 1.82) is 0 Å². The van der Waals surface area contributed by atoms with E-state index in [4.69, 9.17) is 0 Å². The Labute approximate surface area is 177 Å². The molecule has 4 heteroatoms. The third-order valence-corrected chi connectivity index (χ3v) is 5.71. The highest BCUT2D eigenvalue weighted by Crippen LogP contribution is 2.37. The number of aliphatic hydroxyl groups excluding tert-OH is 1. The van der Waals surface area contributed by atoms with E-state index in [1.165, 1.54) is 33.1 Å². The fourth-order valence-electron chi connectivity index (χ4n) is 3.44. The van der Waals surface area contributed by atoms with Gasteiger partial charge in [0.15, 0.2) is 0 Å². The third-order valence-electron chi connectivity index (χ3n) is 4.86. The van der Waals surface area contributed by atoms with E-state index in [0.29, 0.717) is 6.42 Å². The number of aryl methyl sites for hydroxylation is 3. The molecular weight excluding hydrogens is 376 g/mol. The van der Waals surface area contributed by atoms with Gasteiger partial charge in [-0.3, -0.25) is 0 Å². The van der Waals surface area contributed by atoms with Crippen molar-refractivity contribution in [1.82, 2.24) is 4.37 Å². The molecule has 0 aliphatic rings. The zero-order valence-electron chi connectivity index (χ0n) is 17.4. The van der Waals surface area contributed by atoms with Gasteiger partial charge in [-0.05, 0) is 67.9 Å². The molecule has 150 valence electrons. The summed E-state index contributed by atoms with van der Waals surface area (Å²) >= 11 is 1.53. The normalized spacial score (nSPS) is 10.7. The Balaban J connectivity index is 1.86. The first-order valence-corrected chi connectivity index (χ1v) is 10.6. The highest BCUT2D eigenvalue weighted by Gasteiger charge is 2.13. The molecule has 2 aromatic carbocycles. The van der Waals surface area contributed by atoms with Gasteiger partial charge in [0, 0.05) is 29.6 Å². The number of nitrogens with one attached hydrogen (secondary N) is 1. The first kappa shape index (κ1) is 20.9. The minimum absolute atomic E-state index is 0.222. The van der Waals surface area contributed by atoms with Crippen molar-refractivity contribution >= 4 is 17.2 Å². The number of hydrogen-bond donors (Lipinski definition) is 2. The van der Waals surface area contributed by atoms with Crippen molar-refractivity contribution in [3.05, 3.63) is 83.9 Å². The topological polar surface area (TPSA) is 45.1 Å². The van der Waals surface area contributed by atoms with Crippen molar-refractivity contribution in [2.24, 2.45) is 0 Å². The van der Waals surface area contributed by atoms with E-state index in [2.05, 4.69) is 80.0 Å². The molecule has 0 unspecified atom stereocenters. The Bertz CT molecular complexity index is 1030. The maximum absolute atomic E-state index is 9.25. The lowest BCUT2D eigenvalue weighted by atomic mass is 9.99. The molecule has 0 radical (unpaired) electrons. The van der Waals surface area contributed by atoms with Crippen molar-refractivity contribution in [2.45, 2.75) is 40.0 Å². The summed E-state index contributed by atoms with van der Waals surface area (Å²) in [5, 5.41) is 12.7. The van der Waals surface area contributed by atoms with Gasteiger partial charge in [-0.2, -0.15) is 4.37 Å². The summed E-state index contributed by atoms with van der Waals surface area (Å²) in [5.74, 6) is 0.222. The summed E-state index contributed by atoms with van der Waals surface area (Å²) in [5.41, 5.74) is 9.15. The second-order valence-corrected chi connectivity index (χ2v) is 8.42. The van der Waals surface area contributed by atoms with Crippen LogP contribution in [0.25, 0.3) is 21.6 Å². The maximum atomic E-state index is 9.25. The summed E-state index contributed by atoms with van der Waals surface area (Å²) in [6, 6.07) is 13.1. The van der Waals surface area contributed by atoms with Crippen molar-refractivity contribution in [3.8, 4) is 21.6 Å². The van der Waals surface area contributed by atoms with Gasteiger partial charge in [-0.25, -0.2) is 0 Å². The SMILES string of the molecule is C=C(O)CCCC(=C)Nc1cc(-c2cnsc2-c2cc(C)cc(C)c2)ccc1C. The molecule has 3 rings (SSSR count). The fourth-order valence-corrected chi connectivity index (χ4v) is 4.20. The lowest BCUT2D eigenvalue weighted by Gasteiger charge is -2.14. The molecule has 0 spiro atoms. The number of nitrogens with zero attached hydrogens (tertiary/aromatic N) is 1. The van der Waals surface area contributed by atoms with E-state index in [0.717, 1.165) is 40.9 Å². The molecule has 3 nitrogen and oxygen atoms in total. The van der Waals surface area contributed by atoms with Crippen LogP contribution < -0.4 is 5.32 Å². The minimum Gasteiger partial charge on any atom is -0.513 e. The number of anilines is 1. The standard InChI is InChI=1S/C25H28N2OS/c1-16-11-17(2)13-22(12-16)25-23(15-26-29-25)21-10-9-18(3)24(14-21)27-19(4)7-6-8-20(5)28/h9-15,27-28H,4-8H2,1-3H3. The number of aromatic nitrogens is 1. The molecule has 0 atom stereocenters. The van der Waals surface area contributed by atoms with Gasteiger partial charge >= 0.3 is 0 Å². The Hall–Kier alpha value is -2.85. The first-order chi connectivity index (χ1) is 13.8. The highest BCUT2D eigenvalue weighted by atomic mass is 32.1. The van der Waals surface area contributed by atoms with Crippen LogP contribution >= 0.6 is 11.5 Å². The lowest BCUT2D eigenvalue weighted by Crippen LogP contribution is -2.00. The average Bonchev–Trinajstić information content (AvgIpc) is 3.12. The predicted octanol–water partition coefficient (Wildman–Crippen LogP) is 7.57. The van der Waals surface area contributed by atoms with E-state index >= 15 is 0 Å². The van der Waals surface area contributed by atoms with Crippen LogP contribution in [0.4, 0.5) is 5.69 Å². The second kappa shape index (κ2) is 9.10. The smallest absolute Gasteiger partial charge is 0.0851 e. The summed E-state index contributed by atoms with van der Waals surface area (Å²) in [6.07, 6.45) is 4.16. The first-order valence-electron chi connectivity index (χ1n) is 9.79. The van der Waals surface area contributed by atoms with Gasteiger partial charge in [0.1, 0.15) is 0 Å². The zero-order chi connectivity index (χ0) is 21.0.